The molecule has 1 fully saturated rings. The molecule has 0 unspecified atom stereocenters. The molecule has 2 rings (SSSR count). The second kappa shape index (κ2) is 3.15. The van der Waals surface area contributed by atoms with Crippen LogP contribution in [-0.4, -0.2) is 19.0 Å². The second-order valence-corrected chi connectivity index (χ2v) is 4.15. The van der Waals surface area contributed by atoms with Gasteiger partial charge >= 0.3 is 0 Å². The summed E-state index contributed by atoms with van der Waals surface area (Å²) in [5.74, 6) is 2.64. The van der Waals surface area contributed by atoms with Gasteiger partial charge in [-0.25, -0.2) is 0 Å². The quantitative estimate of drug-likeness (QED) is 0.639. The number of hydrogen-bond donors (Lipinski definition) is 0. The fraction of sp³-hybridized carbons (Fsp3) is 0.385. The fourth-order valence-electron chi connectivity index (χ4n) is 1.99. The Labute approximate surface area is 85.7 Å². The van der Waals surface area contributed by atoms with Crippen LogP contribution in [0.15, 0.2) is 24.3 Å². The first-order chi connectivity index (χ1) is 6.69. The lowest BCUT2D eigenvalue weighted by atomic mass is 10.0. The Morgan fingerprint density at radius 1 is 1.21 bits per heavy atom. The topological polar surface area (TPSA) is 3.24 Å². The summed E-state index contributed by atoms with van der Waals surface area (Å²) in [6.07, 6.45) is 7.84. The van der Waals surface area contributed by atoms with Gasteiger partial charge in [-0.3, -0.25) is 4.90 Å². The van der Waals surface area contributed by atoms with Crippen molar-refractivity contribution in [3.63, 3.8) is 0 Å². The van der Waals surface area contributed by atoms with Crippen molar-refractivity contribution in [1.29, 1.82) is 0 Å². The average molecular weight is 185 g/mol. The molecule has 0 spiro atoms. The van der Waals surface area contributed by atoms with Gasteiger partial charge in [0.05, 0.1) is 0 Å². The van der Waals surface area contributed by atoms with E-state index in [-0.39, 0.29) is 0 Å². The summed E-state index contributed by atoms with van der Waals surface area (Å²) in [6.45, 7) is 0. The fourth-order valence-corrected chi connectivity index (χ4v) is 1.99. The molecule has 0 bridgehead atoms. The third kappa shape index (κ3) is 1.32. The summed E-state index contributed by atoms with van der Waals surface area (Å²) in [7, 11) is 4.28. The zero-order valence-electron chi connectivity index (χ0n) is 8.75. The van der Waals surface area contributed by atoms with Crippen molar-refractivity contribution < 1.29 is 0 Å². The molecule has 0 heterocycles. The number of nitrogens with zero attached hydrogens (tertiary/aromatic N) is 1. The maximum Gasteiger partial charge on any atom is 0.0456 e. The first-order valence-corrected chi connectivity index (χ1v) is 4.94. The van der Waals surface area contributed by atoms with Crippen LogP contribution in [0, 0.1) is 12.3 Å². The molecule has 0 radical (unpaired) electrons. The SMILES string of the molecule is C#Cc1ccc(C2(N(C)C)CC2)cc1. The lowest BCUT2D eigenvalue weighted by molar-refractivity contribution is 0.276. The van der Waals surface area contributed by atoms with Crippen molar-refractivity contribution in [1.82, 2.24) is 4.90 Å². The van der Waals surface area contributed by atoms with E-state index in [1.54, 1.807) is 0 Å². The van der Waals surface area contributed by atoms with E-state index in [4.69, 9.17) is 6.42 Å². The zero-order valence-corrected chi connectivity index (χ0v) is 8.75. The smallest absolute Gasteiger partial charge is 0.0456 e. The van der Waals surface area contributed by atoms with E-state index in [0.717, 1.165) is 5.56 Å². The van der Waals surface area contributed by atoms with Gasteiger partial charge in [0.2, 0.25) is 0 Å². The van der Waals surface area contributed by atoms with Gasteiger partial charge in [-0.1, -0.05) is 18.1 Å². The van der Waals surface area contributed by atoms with Crippen molar-refractivity contribution in [3.8, 4) is 12.3 Å². The van der Waals surface area contributed by atoms with Crippen molar-refractivity contribution >= 4 is 0 Å². The molecule has 0 saturated heterocycles. The number of hydrogen-bond acceptors (Lipinski definition) is 1. The van der Waals surface area contributed by atoms with Crippen molar-refractivity contribution in [2.24, 2.45) is 0 Å². The van der Waals surface area contributed by atoms with Gasteiger partial charge in [-0.15, -0.1) is 6.42 Å². The lowest BCUT2D eigenvalue weighted by Gasteiger charge is -2.24. The lowest BCUT2D eigenvalue weighted by Crippen LogP contribution is -2.27. The summed E-state index contributed by atoms with van der Waals surface area (Å²) in [5, 5.41) is 0. The van der Waals surface area contributed by atoms with Gasteiger partial charge in [0.1, 0.15) is 0 Å². The highest BCUT2D eigenvalue weighted by Crippen LogP contribution is 2.49. The Kier molecular flexibility index (Phi) is 2.09. The van der Waals surface area contributed by atoms with Crippen LogP contribution in [0.25, 0.3) is 0 Å². The summed E-state index contributed by atoms with van der Waals surface area (Å²) in [5.41, 5.74) is 2.65. The first-order valence-electron chi connectivity index (χ1n) is 4.94. The van der Waals surface area contributed by atoms with Crippen molar-refractivity contribution in [2.45, 2.75) is 18.4 Å². The Hall–Kier alpha value is -1.26. The average Bonchev–Trinajstić information content (AvgIpc) is 2.99. The predicted octanol–water partition coefficient (Wildman–Crippen LogP) is 2.22. The Morgan fingerprint density at radius 2 is 1.79 bits per heavy atom. The third-order valence-corrected chi connectivity index (χ3v) is 3.17. The van der Waals surface area contributed by atoms with E-state index >= 15 is 0 Å². The van der Waals surface area contributed by atoms with Crippen molar-refractivity contribution in [3.05, 3.63) is 35.4 Å². The Balaban J connectivity index is 2.31. The van der Waals surface area contributed by atoms with Gasteiger partial charge in [-0.2, -0.15) is 0 Å². The molecule has 72 valence electrons. The minimum Gasteiger partial charge on any atom is -0.300 e. The highest BCUT2D eigenvalue weighted by molar-refractivity contribution is 5.38. The van der Waals surface area contributed by atoms with Gasteiger partial charge in [-0.05, 0) is 44.6 Å². The summed E-state index contributed by atoms with van der Waals surface area (Å²) in [6, 6.07) is 8.36. The monoisotopic (exact) mass is 185 g/mol. The van der Waals surface area contributed by atoms with E-state index in [1.165, 1.54) is 18.4 Å². The largest absolute Gasteiger partial charge is 0.300 e. The molecule has 1 aliphatic carbocycles. The third-order valence-electron chi connectivity index (χ3n) is 3.17. The van der Waals surface area contributed by atoms with Crippen LogP contribution in [0.1, 0.15) is 24.0 Å². The molecule has 0 aromatic heterocycles. The molecule has 1 heteroatoms. The van der Waals surface area contributed by atoms with Crippen LogP contribution >= 0.6 is 0 Å². The molecule has 1 nitrogen and oxygen atoms in total. The van der Waals surface area contributed by atoms with Gasteiger partial charge in [0.25, 0.3) is 0 Å². The number of benzene rings is 1. The summed E-state index contributed by atoms with van der Waals surface area (Å²) < 4.78 is 0. The molecule has 0 atom stereocenters. The van der Waals surface area contributed by atoms with E-state index in [2.05, 4.69) is 37.0 Å². The van der Waals surface area contributed by atoms with E-state index in [0.29, 0.717) is 5.54 Å². The van der Waals surface area contributed by atoms with Crippen LogP contribution in [0.3, 0.4) is 0 Å². The Morgan fingerprint density at radius 3 is 2.14 bits per heavy atom. The van der Waals surface area contributed by atoms with Gasteiger partial charge in [0.15, 0.2) is 0 Å². The van der Waals surface area contributed by atoms with Crippen molar-refractivity contribution in [2.75, 3.05) is 14.1 Å². The highest BCUT2D eigenvalue weighted by atomic mass is 15.2. The maximum atomic E-state index is 5.32. The zero-order chi connectivity index (χ0) is 10.2. The molecule has 1 aromatic rings. The highest BCUT2D eigenvalue weighted by Gasteiger charge is 2.46. The van der Waals surface area contributed by atoms with Crippen LogP contribution in [0.4, 0.5) is 0 Å². The van der Waals surface area contributed by atoms with E-state index in [9.17, 15) is 0 Å². The van der Waals surface area contributed by atoms with E-state index < -0.39 is 0 Å². The predicted molar refractivity (Wildman–Crippen MR) is 59.0 cm³/mol. The number of rotatable bonds is 2. The van der Waals surface area contributed by atoms with Crippen LogP contribution in [0.5, 0.6) is 0 Å². The normalized spacial score (nSPS) is 17.9. The molecular formula is C13H15N. The number of terminal acetylenes is 1. The minimum absolute atomic E-state index is 0.299. The summed E-state index contributed by atoms with van der Waals surface area (Å²) in [4.78, 5) is 2.30. The van der Waals surface area contributed by atoms with Crippen LogP contribution in [-0.2, 0) is 5.54 Å². The Bertz CT molecular complexity index is 363. The second-order valence-electron chi connectivity index (χ2n) is 4.15. The van der Waals surface area contributed by atoms with Crippen LogP contribution < -0.4 is 0 Å². The maximum absolute atomic E-state index is 5.32. The van der Waals surface area contributed by atoms with Crippen LogP contribution in [0.2, 0.25) is 0 Å². The molecule has 0 aliphatic heterocycles. The molecule has 1 saturated carbocycles. The van der Waals surface area contributed by atoms with Gasteiger partial charge in [0, 0.05) is 11.1 Å². The standard InChI is InChI=1S/C13H15N/c1-4-11-5-7-12(8-6-11)13(9-10-13)14(2)3/h1,5-8H,9-10H2,2-3H3. The molecule has 0 amide bonds. The first kappa shape index (κ1) is 9.30. The molecule has 0 N–H and O–H groups in total. The van der Waals surface area contributed by atoms with E-state index in [1.807, 2.05) is 12.1 Å². The minimum atomic E-state index is 0.299. The molecule has 14 heavy (non-hydrogen) atoms. The van der Waals surface area contributed by atoms with Gasteiger partial charge < -0.3 is 0 Å². The molecule has 1 aromatic carbocycles. The molecule has 1 aliphatic rings. The molecular weight excluding hydrogens is 170 g/mol. The summed E-state index contributed by atoms with van der Waals surface area (Å²) >= 11 is 0.